The number of amides is 1. The summed E-state index contributed by atoms with van der Waals surface area (Å²) < 4.78 is 0. The van der Waals surface area contributed by atoms with Gasteiger partial charge in [-0.3, -0.25) is 4.79 Å². The van der Waals surface area contributed by atoms with Crippen molar-refractivity contribution >= 4 is 17.7 Å². The molecule has 0 heterocycles. The van der Waals surface area contributed by atoms with E-state index in [1.165, 1.54) is 4.90 Å². The Hall–Kier alpha value is -1.74. The molecule has 0 atom stereocenters. The molecule has 3 heteroatoms. The Balaban J connectivity index is 2.02. The number of carbonyl (C=O) groups excluding carboxylic acids is 1. The molecule has 0 fully saturated rings. The molecule has 0 unspecified atom stereocenters. The van der Waals surface area contributed by atoms with Gasteiger partial charge in [0.15, 0.2) is 0 Å². The van der Waals surface area contributed by atoms with E-state index in [2.05, 4.69) is 11.4 Å². The molecular formula is C15H15NOS. The standard InChI is InChI=1S/C15H15NOS/c1-18-14-10-6-5-9-13(14)11-16-15(17)12-7-3-2-4-8-12/h2-10H,11H2,1H3,(H,16,17). The van der Waals surface area contributed by atoms with E-state index in [1.54, 1.807) is 11.8 Å². The Morgan fingerprint density at radius 2 is 1.72 bits per heavy atom. The van der Waals surface area contributed by atoms with Crippen molar-refractivity contribution in [1.82, 2.24) is 5.32 Å². The minimum Gasteiger partial charge on any atom is -0.348 e. The van der Waals surface area contributed by atoms with Gasteiger partial charge in [-0.05, 0) is 30.0 Å². The molecule has 0 saturated carbocycles. The van der Waals surface area contributed by atoms with Gasteiger partial charge in [-0.2, -0.15) is 0 Å². The van der Waals surface area contributed by atoms with Crippen molar-refractivity contribution in [3.8, 4) is 0 Å². The third-order valence-corrected chi connectivity index (χ3v) is 3.51. The zero-order valence-corrected chi connectivity index (χ0v) is 11.0. The smallest absolute Gasteiger partial charge is 0.251 e. The van der Waals surface area contributed by atoms with Crippen LogP contribution in [0.3, 0.4) is 0 Å². The van der Waals surface area contributed by atoms with E-state index in [-0.39, 0.29) is 5.91 Å². The van der Waals surface area contributed by atoms with Crippen molar-refractivity contribution in [3.63, 3.8) is 0 Å². The van der Waals surface area contributed by atoms with Crippen LogP contribution in [0, 0.1) is 0 Å². The Morgan fingerprint density at radius 3 is 2.44 bits per heavy atom. The number of nitrogens with one attached hydrogen (secondary N) is 1. The van der Waals surface area contributed by atoms with Crippen LogP contribution in [0.15, 0.2) is 59.5 Å². The molecule has 18 heavy (non-hydrogen) atoms. The molecule has 2 aromatic carbocycles. The molecule has 0 aliphatic heterocycles. The topological polar surface area (TPSA) is 29.1 Å². The summed E-state index contributed by atoms with van der Waals surface area (Å²) >= 11 is 1.69. The fourth-order valence-corrected chi connectivity index (χ4v) is 2.33. The van der Waals surface area contributed by atoms with Crippen molar-refractivity contribution in [2.24, 2.45) is 0 Å². The van der Waals surface area contributed by atoms with Crippen molar-refractivity contribution in [1.29, 1.82) is 0 Å². The average molecular weight is 257 g/mol. The van der Waals surface area contributed by atoms with Crippen LogP contribution in [0.25, 0.3) is 0 Å². The molecule has 1 N–H and O–H groups in total. The van der Waals surface area contributed by atoms with Gasteiger partial charge in [0.2, 0.25) is 0 Å². The first kappa shape index (κ1) is 12.7. The third-order valence-electron chi connectivity index (χ3n) is 2.67. The first-order valence-electron chi connectivity index (χ1n) is 5.76. The lowest BCUT2D eigenvalue weighted by Crippen LogP contribution is -2.22. The van der Waals surface area contributed by atoms with Crippen LogP contribution in [-0.4, -0.2) is 12.2 Å². The highest BCUT2D eigenvalue weighted by Gasteiger charge is 2.05. The normalized spacial score (nSPS) is 10.1. The summed E-state index contributed by atoms with van der Waals surface area (Å²) in [4.78, 5) is 13.1. The summed E-state index contributed by atoms with van der Waals surface area (Å²) in [6.07, 6.45) is 2.04. The maximum atomic E-state index is 11.9. The maximum absolute atomic E-state index is 11.9. The molecule has 92 valence electrons. The van der Waals surface area contributed by atoms with Gasteiger partial charge in [0, 0.05) is 17.0 Å². The van der Waals surface area contributed by atoms with E-state index < -0.39 is 0 Å². The minimum atomic E-state index is -0.0356. The van der Waals surface area contributed by atoms with E-state index in [0.717, 1.165) is 5.56 Å². The molecule has 0 aliphatic rings. The lowest BCUT2D eigenvalue weighted by molar-refractivity contribution is 0.0950. The van der Waals surface area contributed by atoms with E-state index in [4.69, 9.17) is 0 Å². The van der Waals surface area contributed by atoms with Crippen LogP contribution in [-0.2, 0) is 6.54 Å². The van der Waals surface area contributed by atoms with Gasteiger partial charge in [-0.15, -0.1) is 11.8 Å². The van der Waals surface area contributed by atoms with Gasteiger partial charge in [-0.25, -0.2) is 0 Å². The fraction of sp³-hybridized carbons (Fsp3) is 0.133. The molecule has 2 rings (SSSR count). The van der Waals surface area contributed by atoms with Crippen LogP contribution in [0.5, 0.6) is 0 Å². The summed E-state index contributed by atoms with van der Waals surface area (Å²) in [6, 6.07) is 17.4. The molecule has 2 nitrogen and oxygen atoms in total. The summed E-state index contributed by atoms with van der Waals surface area (Å²) in [5.41, 5.74) is 1.84. The van der Waals surface area contributed by atoms with Crippen molar-refractivity contribution in [2.75, 3.05) is 6.26 Å². The molecular weight excluding hydrogens is 242 g/mol. The fourth-order valence-electron chi connectivity index (χ4n) is 1.72. The Bertz CT molecular complexity index is 525. The zero-order chi connectivity index (χ0) is 12.8. The van der Waals surface area contributed by atoms with Crippen molar-refractivity contribution in [3.05, 3.63) is 65.7 Å². The predicted octanol–water partition coefficient (Wildman–Crippen LogP) is 3.34. The summed E-state index contributed by atoms with van der Waals surface area (Å²) in [6.45, 7) is 0.560. The molecule has 0 spiro atoms. The summed E-state index contributed by atoms with van der Waals surface area (Å²) in [5, 5.41) is 2.94. The Kier molecular flexibility index (Phi) is 4.42. The van der Waals surface area contributed by atoms with Crippen LogP contribution < -0.4 is 5.32 Å². The second kappa shape index (κ2) is 6.26. The summed E-state index contributed by atoms with van der Waals surface area (Å²) in [5.74, 6) is -0.0356. The molecule has 1 amide bonds. The van der Waals surface area contributed by atoms with E-state index in [0.29, 0.717) is 12.1 Å². The largest absolute Gasteiger partial charge is 0.348 e. The second-order valence-electron chi connectivity index (χ2n) is 3.86. The van der Waals surface area contributed by atoms with Gasteiger partial charge in [0.1, 0.15) is 0 Å². The number of rotatable bonds is 4. The number of benzene rings is 2. The minimum absolute atomic E-state index is 0.0356. The first-order valence-corrected chi connectivity index (χ1v) is 6.99. The number of hydrogen-bond donors (Lipinski definition) is 1. The van der Waals surface area contributed by atoms with Gasteiger partial charge < -0.3 is 5.32 Å². The monoisotopic (exact) mass is 257 g/mol. The van der Waals surface area contributed by atoms with Gasteiger partial charge >= 0.3 is 0 Å². The van der Waals surface area contributed by atoms with E-state index in [1.807, 2.05) is 54.8 Å². The van der Waals surface area contributed by atoms with Crippen LogP contribution in [0.1, 0.15) is 15.9 Å². The Labute approximate surface area is 111 Å². The van der Waals surface area contributed by atoms with Crippen LogP contribution in [0.2, 0.25) is 0 Å². The maximum Gasteiger partial charge on any atom is 0.251 e. The lowest BCUT2D eigenvalue weighted by atomic mass is 10.2. The lowest BCUT2D eigenvalue weighted by Gasteiger charge is -2.08. The van der Waals surface area contributed by atoms with Crippen molar-refractivity contribution in [2.45, 2.75) is 11.4 Å². The van der Waals surface area contributed by atoms with Crippen LogP contribution in [0.4, 0.5) is 0 Å². The van der Waals surface area contributed by atoms with Gasteiger partial charge in [-0.1, -0.05) is 36.4 Å². The third kappa shape index (κ3) is 3.14. The van der Waals surface area contributed by atoms with Crippen LogP contribution >= 0.6 is 11.8 Å². The molecule has 0 bridgehead atoms. The van der Waals surface area contributed by atoms with E-state index >= 15 is 0 Å². The highest BCUT2D eigenvalue weighted by atomic mass is 32.2. The number of thioether (sulfide) groups is 1. The molecule has 0 aliphatic carbocycles. The van der Waals surface area contributed by atoms with E-state index in [9.17, 15) is 4.79 Å². The molecule has 0 aromatic heterocycles. The quantitative estimate of drug-likeness (QED) is 0.851. The predicted molar refractivity (Wildman–Crippen MR) is 75.8 cm³/mol. The molecule has 2 aromatic rings. The zero-order valence-electron chi connectivity index (χ0n) is 10.2. The van der Waals surface area contributed by atoms with Gasteiger partial charge in [0.05, 0.1) is 0 Å². The average Bonchev–Trinajstić information content (AvgIpc) is 2.46. The Morgan fingerprint density at radius 1 is 1.06 bits per heavy atom. The number of hydrogen-bond acceptors (Lipinski definition) is 2. The van der Waals surface area contributed by atoms with Crippen molar-refractivity contribution < 1.29 is 4.79 Å². The summed E-state index contributed by atoms with van der Waals surface area (Å²) in [7, 11) is 0. The molecule has 0 saturated heterocycles. The second-order valence-corrected chi connectivity index (χ2v) is 4.71. The SMILES string of the molecule is CSc1ccccc1CNC(=O)c1ccccc1. The molecule has 0 radical (unpaired) electrons. The highest BCUT2D eigenvalue weighted by molar-refractivity contribution is 7.98. The number of carbonyl (C=O) groups is 1. The highest BCUT2D eigenvalue weighted by Crippen LogP contribution is 2.19. The van der Waals surface area contributed by atoms with Gasteiger partial charge in [0.25, 0.3) is 5.91 Å². The first-order chi connectivity index (χ1) is 8.81.